The van der Waals surface area contributed by atoms with Crippen LogP contribution < -0.4 is 9.47 Å². The molecule has 2 aromatic carbocycles. The third-order valence-corrected chi connectivity index (χ3v) is 6.52. The highest BCUT2D eigenvalue weighted by Gasteiger charge is 2.37. The summed E-state index contributed by atoms with van der Waals surface area (Å²) in [6.07, 6.45) is 3.37. The number of methoxy groups -OCH3 is 1. The van der Waals surface area contributed by atoms with Crippen LogP contribution in [0.1, 0.15) is 28.8 Å². The molecule has 0 saturated carbocycles. The summed E-state index contributed by atoms with van der Waals surface area (Å²) < 4.78 is 10.8. The molecule has 2 aromatic rings. The highest BCUT2D eigenvalue weighted by Crippen LogP contribution is 2.35. The average molecular weight is 501 g/mol. The summed E-state index contributed by atoms with van der Waals surface area (Å²) in [6.45, 7) is 1.02. The number of carbonyl (C=O) groups excluding carboxylic acids is 4. The third kappa shape index (κ3) is 5.26. The van der Waals surface area contributed by atoms with Gasteiger partial charge in [-0.15, -0.1) is 0 Å². The minimum Gasteiger partial charge on any atom is -0.493 e. The van der Waals surface area contributed by atoms with E-state index in [-0.39, 0.29) is 28.7 Å². The Morgan fingerprint density at radius 3 is 2.56 bits per heavy atom. The number of halogens is 1. The Morgan fingerprint density at radius 1 is 1.09 bits per heavy atom. The molecule has 0 N–H and O–H groups in total. The monoisotopic (exact) mass is 500 g/mol. The average Bonchev–Trinajstić information content (AvgIpc) is 3.44. The van der Waals surface area contributed by atoms with Gasteiger partial charge in [-0.1, -0.05) is 23.7 Å². The normalized spacial score (nSPS) is 16.9. The van der Waals surface area contributed by atoms with Crippen LogP contribution in [0.5, 0.6) is 11.5 Å². The quantitative estimate of drug-likeness (QED) is 0.333. The second-order valence-electron chi connectivity index (χ2n) is 7.67. The Bertz CT molecular complexity index is 1190. The third-order valence-electron chi connectivity index (χ3n) is 5.37. The van der Waals surface area contributed by atoms with Crippen molar-refractivity contribution in [3.05, 3.63) is 63.5 Å². The first-order valence-corrected chi connectivity index (χ1v) is 11.7. The van der Waals surface area contributed by atoms with E-state index in [2.05, 4.69) is 0 Å². The number of thioether (sulfide) groups is 1. The Morgan fingerprint density at radius 2 is 1.85 bits per heavy atom. The second-order valence-corrected chi connectivity index (χ2v) is 9.10. The van der Waals surface area contributed by atoms with E-state index in [1.165, 1.54) is 25.3 Å². The van der Waals surface area contributed by atoms with Crippen LogP contribution in [0.4, 0.5) is 4.79 Å². The lowest BCUT2D eigenvalue weighted by Crippen LogP contribution is -2.40. The Kier molecular flexibility index (Phi) is 7.23. The van der Waals surface area contributed by atoms with Crippen molar-refractivity contribution in [2.75, 3.05) is 26.7 Å². The predicted molar refractivity (Wildman–Crippen MR) is 128 cm³/mol. The largest absolute Gasteiger partial charge is 0.493 e. The molecule has 0 spiro atoms. The molecular formula is C24H21ClN2O6S. The van der Waals surface area contributed by atoms with Crippen LogP contribution in [-0.2, 0) is 9.59 Å². The number of hydrogen-bond donors (Lipinski definition) is 0. The van der Waals surface area contributed by atoms with Crippen LogP contribution in [-0.4, -0.2) is 59.6 Å². The van der Waals surface area contributed by atoms with E-state index in [4.69, 9.17) is 21.1 Å². The topological polar surface area (TPSA) is 93.2 Å². The number of rotatable bonds is 6. The van der Waals surface area contributed by atoms with Gasteiger partial charge in [0.25, 0.3) is 11.1 Å². The number of amides is 3. The van der Waals surface area contributed by atoms with Gasteiger partial charge in [0.15, 0.2) is 11.5 Å². The van der Waals surface area contributed by atoms with Crippen LogP contribution >= 0.6 is 23.4 Å². The van der Waals surface area contributed by atoms with E-state index in [1.54, 1.807) is 35.2 Å². The molecule has 0 radical (unpaired) electrons. The van der Waals surface area contributed by atoms with Gasteiger partial charge in [-0.05, 0) is 66.6 Å². The molecule has 2 saturated heterocycles. The van der Waals surface area contributed by atoms with Crippen molar-refractivity contribution in [2.24, 2.45) is 0 Å². The first kappa shape index (κ1) is 23.8. The molecule has 2 fully saturated rings. The molecule has 3 amide bonds. The van der Waals surface area contributed by atoms with E-state index in [0.29, 0.717) is 29.4 Å². The summed E-state index contributed by atoms with van der Waals surface area (Å²) in [7, 11) is 1.44. The number of esters is 1. The molecule has 8 nitrogen and oxygen atoms in total. The molecule has 0 atom stereocenters. The highest BCUT2D eigenvalue weighted by molar-refractivity contribution is 8.18. The number of ether oxygens (including phenoxy) is 2. The van der Waals surface area contributed by atoms with Gasteiger partial charge in [0.1, 0.15) is 6.54 Å². The van der Waals surface area contributed by atoms with Crippen molar-refractivity contribution in [1.82, 2.24) is 9.80 Å². The van der Waals surface area contributed by atoms with Gasteiger partial charge in [-0.2, -0.15) is 0 Å². The molecule has 4 rings (SSSR count). The van der Waals surface area contributed by atoms with Crippen molar-refractivity contribution >= 4 is 52.5 Å². The van der Waals surface area contributed by atoms with Gasteiger partial charge in [0.05, 0.1) is 17.6 Å². The lowest BCUT2D eigenvalue weighted by molar-refractivity contribution is -0.135. The smallest absolute Gasteiger partial charge is 0.343 e. The second kappa shape index (κ2) is 10.3. The molecular weight excluding hydrogens is 480 g/mol. The maximum Gasteiger partial charge on any atom is 0.343 e. The Hall–Kier alpha value is -3.30. The van der Waals surface area contributed by atoms with Gasteiger partial charge in [-0.3, -0.25) is 19.3 Å². The zero-order valence-corrected chi connectivity index (χ0v) is 19.9. The summed E-state index contributed by atoms with van der Waals surface area (Å²) in [5.41, 5.74) is 0.787. The first-order valence-electron chi connectivity index (χ1n) is 10.5. The van der Waals surface area contributed by atoms with E-state index >= 15 is 0 Å². The summed E-state index contributed by atoms with van der Waals surface area (Å²) in [5.74, 6) is -0.934. The molecule has 0 aliphatic carbocycles. The van der Waals surface area contributed by atoms with Crippen molar-refractivity contribution in [1.29, 1.82) is 0 Å². The number of nitrogens with zero attached hydrogens (tertiary/aromatic N) is 2. The predicted octanol–water partition coefficient (Wildman–Crippen LogP) is 4.23. The minimum absolute atomic E-state index is 0.143. The van der Waals surface area contributed by atoms with Crippen LogP contribution in [0.3, 0.4) is 0 Å². The molecule has 0 bridgehead atoms. The molecule has 2 heterocycles. The van der Waals surface area contributed by atoms with E-state index in [1.807, 2.05) is 0 Å². The Balaban J connectivity index is 1.52. The lowest BCUT2D eigenvalue weighted by Gasteiger charge is -2.18. The summed E-state index contributed by atoms with van der Waals surface area (Å²) in [5, 5.41) is -0.0981. The Labute approximate surface area is 205 Å². The molecule has 34 heavy (non-hydrogen) atoms. The molecule has 176 valence electrons. The van der Waals surface area contributed by atoms with Crippen LogP contribution in [0.15, 0.2) is 47.4 Å². The van der Waals surface area contributed by atoms with Gasteiger partial charge < -0.3 is 14.4 Å². The van der Waals surface area contributed by atoms with Gasteiger partial charge in [-0.25, -0.2) is 4.79 Å². The molecule has 0 unspecified atom stereocenters. The standard InChI is InChI=1S/C24H21ClN2O6S/c1-32-18-8-7-15(11-19(18)33-23(30)16-5-4-6-17(25)13-16)12-20-22(29)27(24(31)34-20)14-21(28)26-9-2-3-10-26/h4-8,11-13H,2-3,9-10,14H2,1H3/b20-12-. The number of benzene rings is 2. The maximum atomic E-state index is 12.8. The zero-order chi connectivity index (χ0) is 24.2. The first-order chi connectivity index (χ1) is 16.4. The molecule has 0 aromatic heterocycles. The molecule has 10 heteroatoms. The fraction of sp³-hybridized carbons (Fsp3) is 0.250. The fourth-order valence-corrected chi connectivity index (χ4v) is 4.66. The van der Waals surface area contributed by atoms with Crippen LogP contribution in [0, 0.1) is 0 Å². The summed E-state index contributed by atoms with van der Waals surface area (Å²) >= 11 is 6.71. The number of imide groups is 1. The summed E-state index contributed by atoms with van der Waals surface area (Å²) in [6, 6.07) is 11.1. The van der Waals surface area contributed by atoms with Crippen molar-refractivity contribution in [3.8, 4) is 11.5 Å². The molecule has 2 aliphatic heterocycles. The number of carbonyl (C=O) groups is 4. The van der Waals surface area contributed by atoms with E-state index < -0.39 is 17.1 Å². The van der Waals surface area contributed by atoms with Crippen LogP contribution in [0.2, 0.25) is 5.02 Å². The molecule has 2 aliphatic rings. The van der Waals surface area contributed by atoms with E-state index in [9.17, 15) is 19.2 Å². The van der Waals surface area contributed by atoms with Crippen LogP contribution in [0.25, 0.3) is 6.08 Å². The zero-order valence-electron chi connectivity index (χ0n) is 18.3. The van der Waals surface area contributed by atoms with Gasteiger partial charge >= 0.3 is 5.97 Å². The number of hydrogen-bond acceptors (Lipinski definition) is 7. The summed E-state index contributed by atoms with van der Waals surface area (Å²) in [4.78, 5) is 52.9. The van der Waals surface area contributed by atoms with Crippen molar-refractivity contribution in [2.45, 2.75) is 12.8 Å². The minimum atomic E-state index is -0.626. The fourth-order valence-electron chi connectivity index (χ4n) is 3.63. The lowest BCUT2D eigenvalue weighted by atomic mass is 10.1. The van der Waals surface area contributed by atoms with Crippen molar-refractivity contribution < 1.29 is 28.7 Å². The van der Waals surface area contributed by atoms with E-state index in [0.717, 1.165) is 29.5 Å². The number of likely N-dealkylation sites (tertiary alicyclic amines) is 1. The highest BCUT2D eigenvalue weighted by atomic mass is 35.5. The van der Waals surface area contributed by atoms with Gasteiger partial charge in [0, 0.05) is 18.1 Å². The maximum absolute atomic E-state index is 12.8. The van der Waals surface area contributed by atoms with Crippen molar-refractivity contribution in [3.63, 3.8) is 0 Å². The SMILES string of the molecule is COc1ccc(/C=C2\SC(=O)N(CC(=O)N3CCCC3)C2=O)cc1OC(=O)c1cccc(Cl)c1. The van der Waals surface area contributed by atoms with Gasteiger partial charge in [0.2, 0.25) is 5.91 Å².